The normalized spacial score (nSPS) is 15.6. The Labute approximate surface area is 192 Å². The smallest absolute Gasteiger partial charge is 0.270 e. The Morgan fingerprint density at radius 3 is 2.20 bits per heavy atom. The van der Waals surface area contributed by atoms with Gasteiger partial charge in [0, 0.05) is 32.6 Å². The van der Waals surface area contributed by atoms with Crippen LogP contribution in [0, 0.1) is 0 Å². The number of carbonyl (C=O) groups excluding carboxylic acids is 2. The van der Waals surface area contributed by atoms with Crippen LogP contribution in [0.25, 0.3) is 11.8 Å². The molecule has 1 aliphatic rings. The number of aromatic nitrogens is 1. The maximum Gasteiger partial charge on any atom is 0.270 e. The molecule has 9 heteroatoms. The third kappa shape index (κ3) is 4.00. The summed E-state index contributed by atoms with van der Waals surface area (Å²) in [6, 6.07) is 15.2. The molecule has 0 radical (unpaired) electrons. The Morgan fingerprint density at radius 1 is 0.867 bits per heavy atom. The van der Waals surface area contributed by atoms with Crippen LogP contribution in [-0.4, -0.2) is 21.5 Å². The number of halogens is 3. The molecule has 2 heterocycles. The average molecular weight is 477 g/mol. The fourth-order valence-electron chi connectivity index (χ4n) is 3.06. The van der Waals surface area contributed by atoms with E-state index in [0.717, 1.165) is 0 Å². The molecule has 0 bridgehead atoms. The fourth-order valence-corrected chi connectivity index (χ4v) is 3.98. The summed E-state index contributed by atoms with van der Waals surface area (Å²) in [7, 11) is 0. The van der Waals surface area contributed by atoms with Crippen molar-refractivity contribution in [1.82, 2.24) is 9.88 Å². The zero-order valence-corrected chi connectivity index (χ0v) is 18.2. The van der Waals surface area contributed by atoms with Gasteiger partial charge in [0.05, 0.1) is 5.69 Å². The van der Waals surface area contributed by atoms with Crippen LogP contribution in [0.1, 0.15) is 5.69 Å². The lowest BCUT2D eigenvalue weighted by Crippen LogP contribution is -2.54. The topological polar surface area (TPSA) is 54.3 Å². The number of hydrogen-bond acceptors (Lipinski definition) is 3. The largest absolute Gasteiger partial charge is 0.317 e. The molecule has 1 fully saturated rings. The van der Waals surface area contributed by atoms with Gasteiger partial charge in [0.1, 0.15) is 5.57 Å². The van der Waals surface area contributed by atoms with Gasteiger partial charge in [0.15, 0.2) is 5.11 Å². The van der Waals surface area contributed by atoms with Crippen molar-refractivity contribution in [2.75, 3.05) is 4.90 Å². The van der Waals surface area contributed by atoms with E-state index in [1.165, 1.54) is 11.0 Å². The van der Waals surface area contributed by atoms with Crippen molar-refractivity contribution in [2.24, 2.45) is 0 Å². The van der Waals surface area contributed by atoms with Crippen molar-refractivity contribution in [3.63, 3.8) is 0 Å². The second-order valence-electron chi connectivity index (χ2n) is 6.36. The lowest BCUT2D eigenvalue weighted by molar-refractivity contribution is -0.122. The van der Waals surface area contributed by atoms with Crippen molar-refractivity contribution in [3.8, 4) is 5.69 Å². The molecule has 1 N–H and O–H groups in total. The molecule has 4 rings (SSSR count). The molecule has 0 atom stereocenters. The van der Waals surface area contributed by atoms with Crippen LogP contribution in [0.4, 0.5) is 5.69 Å². The van der Waals surface area contributed by atoms with Gasteiger partial charge < -0.3 is 4.57 Å². The van der Waals surface area contributed by atoms with Crippen LogP contribution >= 0.6 is 47.0 Å². The number of nitrogens with one attached hydrogen (secondary N) is 1. The summed E-state index contributed by atoms with van der Waals surface area (Å²) in [4.78, 5) is 26.9. The first-order chi connectivity index (χ1) is 14.3. The van der Waals surface area contributed by atoms with Gasteiger partial charge in [-0.05, 0) is 72.9 Å². The zero-order valence-electron chi connectivity index (χ0n) is 15.1. The summed E-state index contributed by atoms with van der Waals surface area (Å²) >= 11 is 23.4. The highest BCUT2D eigenvalue weighted by Gasteiger charge is 2.34. The van der Waals surface area contributed by atoms with E-state index in [4.69, 9.17) is 47.0 Å². The number of amides is 2. The van der Waals surface area contributed by atoms with Gasteiger partial charge in [0.25, 0.3) is 11.8 Å². The highest BCUT2D eigenvalue weighted by molar-refractivity contribution is 7.80. The van der Waals surface area contributed by atoms with Gasteiger partial charge in [-0.1, -0.05) is 34.8 Å². The Kier molecular flexibility index (Phi) is 5.66. The van der Waals surface area contributed by atoms with E-state index in [9.17, 15) is 9.59 Å². The Bertz CT molecular complexity index is 1200. The second kappa shape index (κ2) is 8.24. The Morgan fingerprint density at radius 2 is 1.53 bits per heavy atom. The summed E-state index contributed by atoms with van der Waals surface area (Å²) in [6.45, 7) is 0. The predicted octanol–water partition coefficient (Wildman–Crippen LogP) is 5.27. The second-order valence-corrected chi connectivity index (χ2v) is 8.06. The van der Waals surface area contributed by atoms with E-state index < -0.39 is 11.8 Å². The van der Waals surface area contributed by atoms with Gasteiger partial charge in [-0.25, -0.2) is 0 Å². The number of benzene rings is 2. The average Bonchev–Trinajstić information content (AvgIpc) is 3.14. The van der Waals surface area contributed by atoms with Gasteiger partial charge in [0.2, 0.25) is 0 Å². The van der Waals surface area contributed by atoms with E-state index in [-0.39, 0.29) is 10.7 Å². The Balaban J connectivity index is 1.76. The van der Waals surface area contributed by atoms with Crippen LogP contribution in [-0.2, 0) is 9.59 Å². The zero-order chi connectivity index (χ0) is 21.4. The van der Waals surface area contributed by atoms with Crippen molar-refractivity contribution < 1.29 is 9.59 Å². The number of nitrogens with zero attached hydrogens (tertiary/aromatic N) is 2. The Hall–Kier alpha value is -2.64. The minimum atomic E-state index is -0.577. The van der Waals surface area contributed by atoms with Gasteiger partial charge >= 0.3 is 0 Å². The molecule has 30 heavy (non-hydrogen) atoms. The minimum absolute atomic E-state index is 0.00137. The van der Waals surface area contributed by atoms with Crippen molar-refractivity contribution in [3.05, 3.63) is 87.1 Å². The van der Waals surface area contributed by atoms with Crippen LogP contribution in [0.3, 0.4) is 0 Å². The molecule has 2 aromatic carbocycles. The lowest BCUT2D eigenvalue weighted by Gasteiger charge is -2.29. The van der Waals surface area contributed by atoms with Crippen LogP contribution in [0.15, 0.2) is 66.4 Å². The quantitative estimate of drug-likeness (QED) is 0.318. The molecule has 0 aliphatic carbocycles. The SMILES string of the molecule is O=C1NC(=S)N(c2ccc(Cl)cc2)C(=O)/C1=C/c1cccn1-c1cc(Cl)cc(Cl)c1. The molecular weight excluding hydrogens is 465 g/mol. The molecule has 2 amide bonds. The van der Waals surface area contributed by atoms with Crippen molar-refractivity contribution in [1.29, 1.82) is 0 Å². The first-order valence-corrected chi connectivity index (χ1v) is 10.2. The molecule has 1 saturated heterocycles. The number of thiocarbonyl (C=S) groups is 1. The molecule has 150 valence electrons. The lowest BCUT2D eigenvalue weighted by atomic mass is 10.1. The van der Waals surface area contributed by atoms with Gasteiger partial charge in [-0.15, -0.1) is 0 Å². The molecule has 0 unspecified atom stereocenters. The van der Waals surface area contributed by atoms with E-state index in [1.54, 1.807) is 65.4 Å². The maximum absolute atomic E-state index is 13.1. The van der Waals surface area contributed by atoms with Crippen LogP contribution in [0.2, 0.25) is 15.1 Å². The summed E-state index contributed by atoms with van der Waals surface area (Å²) in [6.07, 6.45) is 3.28. The van der Waals surface area contributed by atoms with E-state index in [0.29, 0.717) is 32.1 Å². The number of anilines is 1. The van der Waals surface area contributed by atoms with E-state index in [1.807, 2.05) is 0 Å². The molecule has 5 nitrogen and oxygen atoms in total. The van der Waals surface area contributed by atoms with Gasteiger partial charge in [-0.2, -0.15) is 0 Å². The van der Waals surface area contributed by atoms with Crippen LogP contribution < -0.4 is 10.2 Å². The first kappa shape index (κ1) is 20.6. The summed E-state index contributed by atoms with van der Waals surface area (Å²) in [5.74, 6) is -1.12. The van der Waals surface area contributed by atoms with E-state index >= 15 is 0 Å². The standard InChI is InChI=1S/C21H12Cl3N3O2S/c22-12-3-5-15(6-4-12)27-20(29)18(19(28)25-21(27)30)11-16-2-1-7-26(16)17-9-13(23)8-14(24)10-17/h1-11H,(H,25,28,30)/b18-11+. The maximum atomic E-state index is 13.1. The molecule has 0 saturated carbocycles. The number of hydrogen-bond donors (Lipinski definition) is 1. The fraction of sp³-hybridized carbons (Fsp3) is 0. The number of rotatable bonds is 3. The highest BCUT2D eigenvalue weighted by atomic mass is 35.5. The molecule has 1 aliphatic heterocycles. The third-order valence-corrected chi connectivity index (χ3v) is 5.36. The molecule has 1 aromatic heterocycles. The third-order valence-electron chi connectivity index (χ3n) is 4.38. The minimum Gasteiger partial charge on any atom is -0.317 e. The van der Waals surface area contributed by atoms with Gasteiger partial charge in [-0.3, -0.25) is 19.8 Å². The van der Waals surface area contributed by atoms with E-state index in [2.05, 4.69) is 5.32 Å². The monoisotopic (exact) mass is 475 g/mol. The number of carbonyl (C=O) groups is 2. The summed E-state index contributed by atoms with van der Waals surface area (Å²) in [5, 5.41) is 4.02. The van der Waals surface area contributed by atoms with Crippen LogP contribution in [0.5, 0.6) is 0 Å². The molecule has 0 spiro atoms. The molecule has 3 aromatic rings. The summed E-state index contributed by atoms with van der Waals surface area (Å²) < 4.78 is 1.77. The summed E-state index contributed by atoms with van der Waals surface area (Å²) in [5.41, 5.74) is 1.72. The van der Waals surface area contributed by atoms with Crippen molar-refractivity contribution >= 4 is 75.7 Å². The van der Waals surface area contributed by atoms with Crippen molar-refractivity contribution in [2.45, 2.75) is 0 Å². The predicted molar refractivity (Wildman–Crippen MR) is 123 cm³/mol. The molecular formula is C21H12Cl3N3O2S. The first-order valence-electron chi connectivity index (χ1n) is 8.64. The highest BCUT2D eigenvalue weighted by Crippen LogP contribution is 2.26.